The normalized spacial score (nSPS) is 10.2. The number of anilines is 1. The molecule has 2 aromatic rings. The molecule has 1 amide bonds. The van der Waals surface area contributed by atoms with E-state index in [0.29, 0.717) is 22.2 Å². The lowest BCUT2D eigenvalue weighted by Crippen LogP contribution is -2.16. The number of hydrogen-bond donors (Lipinski definition) is 1. The van der Waals surface area contributed by atoms with Crippen LogP contribution in [0.15, 0.2) is 30.5 Å². The first-order chi connectivity index (χ1) is 8.61. The average molecular weight is 266 g/mol. The zero-order valence-electron chi connectivity index (χ0n) is 9.98. The van der Waals surface area contributed by atoms with Crippen molar-refractivity contribution < 1.29 is 9.53 Å². The summed E-state index contributed by atoms with van der Waals surface area (Å²) in [5, 5.41) is 7.12. The van der Waals surface area contributed by atoms with Crippen molar-refractivity contribution >= 4 is 23.2 Å². The first kappa shape index (κ1) is 12.4. The van der Waals surface area contributed by atoms with Crippen molar-refractivity contribution in [2.24, 2.45) is 7.05 Å². The molecule has 1 aromatic carbocycles. The van der Waals surface area contributed by atoms with Gasteiger partial charge in [0.2, 0.25) is 0 Å². The number of ether oxygens (including phenoxy) is 1. The van der Waals surface area contributed by atoms with Crippen LogP contribution in [0.25, 0.3) is 0 Å². The Morgan fingerprint density at radius 3 is 2.78 bits per heavy atom. The van der Waals surface area contributed by atoms with E-state index in [2.05, 4.69) is 10.4 Å². The van der Waals surface area contributed by atoms with Gasteiger partial charge >= 0.3 is 0 Å². The highest BCUT2D eigenvalue weighted by Crippen LogP contribution is 2.27. The number of hydrogen-bond acceptors (Lipinski definition) is 3. The molecule has 1 heterocycles. The minimum Gasteiger partial charge on any atom is -0.495 e. The number of nitrogens with zero attached hydrogens (tertiary/aromatic N) is 2. The lowest BCUT2D eigenvalue weighted by atomic mass is 10.3. The maximum atomic E-state index is 11.9. The van der Waals surface area contributed by atoms with Crippen LogP contribution in [0.2, 0.25) is 5.02 Å². The van der Waals surface area contributed by atoms with Gasteiger partial charge in [0.25, 0.3) is 5.91 Å². The number of halogens is 1. The summed E-state index contributed by atoms with van der Waals surface area (Å²) in [7, 11) is 3.24. The van der Waals surface area contributed by atoms with E-state index in [1.165, 1.54) is 11.8 Å². The summed E-state index contributed by atoms with van der Waals surface area (Å²) in [4.78, 5) is 11.9. The molecular formula is C12H12ClN3O2. The maximum Gasteiger partial charge on any atom is 0.273 e. The number of amides is 1. The molecule has 0 atom stereocenters. The van der Waals surface area contributed by atoms with Gasteiger partial charge in [-0.15, -0.1) is 0 Å². The van der Waals surface area contributed by atoms with Gasteiger partial charge < -0.3 is 10.1 Å². The van der Waals surface area contributed by atoms with Crippen molar-refractivity contribution in [3.8, 4) is 5.75 Å². The summed E-state index contributed by atoms with van der Waals surface area (Å²) >= 11 is 5.98. The number of benzene rings is 1. The standard InChI is InChI=1S/C12H12ClN3O2/c1-16-10(5-6-14-16)12(17)15-8-3-4-11(18-2)9(13)7-8/h3-7H,1-2H3,(H,15,17). The Hall–Kier alpha value is -2.01. The van der Waals surface area contributed by atoms with Gasteiger partial charge in [-0.3, -0.25) is 9.48 Å². The number of aryl methyl sites for hydroxylation is 1. The van der Waals surface area contributed by atoms with Gasteiger partial charge in [0.05, 0.1) is 12.1 Å². The van der Waals surface area contributed by atoms with Crippen LogP contribution in [-0.4, -0.2) is 22.8 Å². The Kier molecular flexibility index (Phi) is 3.53. The third-order valence-corrected chi connectivity index (χ3v) is 2.76. The van der Waals surface area contributed by atoms with Gasteiger partial charge in [-0.05, 0) is 24.3 Å². The Morgan fingerprint density at radius 1 is 1.44 bits per heavy atom. The molecule has 0 aliphatic carbocycles. The summed E-state index contributed by atoms with van der Waals surface area (Å²) in [6.07, 6.45) is 1.57. The quantitative estimate of drug-likeness (QED) is 0.927. The van der Waals surface area contributed by atoms with E-state index in [-0.39, 0.29) is 5.91 Å². The maximum absolute atomic E-state index is 11.9. The van der Waals surface area contributed by atoms with Crippen molar-refractivity contribution in [1.82, 2.24) is 9.78 Å². The molecule has 0 aliphatic rings. The summed E-state index contributed by atoms with van der Waals surface area (Å²) in [5.74, 6) is 0.325. The van der Waals surface area contributed by atoms with E-state index in [4.69, 9.17) is 16.3 Å². The molecule has 5 nitrogen and oxygen atoms in total. The molecule has 6 heteroatoms. The Balaban J connectivity index is 2.17. The van der Waals surface area contributed by atoms with Crippen molar-refractivity contribution in [3.05, 3.63) is 41.2 Å². The first-order valence-electron chi connectivity index (χ1n) is 5.24. The number of methoxy groups -OCH3 is 1. The van der Waals surface area contributed by atoms with E-state index in [0.717, 1.165) is 0 Å². The van der Waals surface area contributed by atoms with Crippen LogP contribution in [0.3, 0.4) is 0 Å². The molecule has 0 aliphatic heterocycles. The van der Waals surface area contributed by atoms with Crippen LogP contribution >= 0.6 is 11.6 Å². The minimum atomic E-state index is -0.240. The fourth-order valence-electron chi connectivity index (χ4n) is 1.54. The highest BCUT2D eigenvalue weighted by molar-refractivity contribution is 6.32. The molecular weight excluding hydrogens is 254 g/mol. The van der Waals surface area contributed by atoms with E-state index in [9.17, 15) is 4.79 Å². The third-order valence-electron chi connectivity index (χ3n) is 2.46. The van der Waals surface area contributed by atoms with Gasteiger partial charge in [0, 0.05) is 18.9 Å². The molecule has 0 saturated heterocycles. The molecule has 0 spiro atoms. The first-order valence-corrected chi connectivity index (χ1v) is 5.62. The molecule has 1 N–H and O–H groups in total. The highest BCUT2D eigenvalue weighted by atomic mass is 35.5. The van der Waals surface area contributed by atoms with Gasteiger partial charge in [0.1, 0.15) is 11.4 Å². The highest BCUT2D eigenvalue weighted by Gasteiger charge is 2.10. The zero-order chi connectivity index (χ0) is 13.1. The third kappa shape index (κ3) is 2.46. The van der Waals surface area contributed by atoms with Crippen molar-refractivity contribution in [2.75, 3.05) is 12.4 Å². The van der Waals surface area contributed by atoms with Crippen LogP contribution in [0.4, 0.5) is 5.69 Å². The molecule has 0 unspecified atom stereocenters. The lowest BCUT2D eigenvalue weighted by molar-refractivity contribution is 0.101. The second-order valence-electron chi connectivity index (χ2n) is 3.64. The second kappa shape index (κ2) is 5.10. The lowest BCUT2D eigenvalue weighted by Gasteiger charge is -2.08. The molecule has 94 valence electrons. The molecule has 2 rings (SSSR count). The number of aromatic nitrogens is 2. The van der Waals surface area contributed by atoms with Gasteiger partial charge in [-0.1, -0.05) is 11.6 Å². The molecule has 0 saturated carbocycles. The van der Waals surface area contributed by atoms with Gasteiger partial charge in [-0.2, -0.15) is 5.10 Å². The average Bonchev–Trinajstić information content (AvgIpc) is 2.76. The fourth-order valence-corrected chi connectivity index (χ4v) is 1.79. The summed E-state index contributed by atoms with van der Waals surface area (Å²) in [6.45, 7) is 0. The van der Waals surface area contributed by atoms with E-state index >= 15 is 0 Å². The largest absolute Gasteiger partial charge is 0.495 e. The number of carbonyl (C=O) groups excluding carboxylic acids is 1. The number of rotatable bonds is 3. The monoisotopic (exact) mass is 265 g/mol. The topological polar surface area (TPSA) is 56.1 Å². The van der Waals surface area contributed by atoms with Gasteiger partial charge in [0.15, 0.2) is 0 Å². The van der Waals surface area contributed by atoms with E-state index in [1.807, 2.05) is 0 Å². The molecule has 1 aromatic heterocycles. The Labute approximate surface area is 109 Å². The van der Waals surface area contributed by atoms with Crippen molar-refractivity contribution in [1.29, 1.82) is 0 Å². The van der Waals surface area contributed by atoms with Crippen LogP contribution in [0.1, 0.15) is 10.5 Å². The Bertz CT molecular complexity index is 580. The van der Waals surface area contributed by atoms with Crippen molar-refractivity contribution in [2.45, 2.75) is 0 Å². The predicted molar refractivity (Wildman–Crippen MR) is 69.2 cm³/mol. The van der Waals surface area contributed by atoms with Crippen molar-refractivity contribution in [3.63, 3.8) is 0 Å². The Morgan fingerprint density at radius 2 is 2.22 bits per heavy atom. The minimum absolute atomic E-state index is 0.240. The number of nitrogens with one attached hydrogen (secondary N) is 1. The van der Waals surface area contributed by atoms with Gasteiger partial charge in [-0.25, -0.2) is 0 Å². The molecule has 0 radical (unpaired) electrons. The second-order valence-corrected chi connectivity index (χ2v) is 4.05. The summed E-state index contributed by atoms with van der Waals surface area (Å²) in [6, 6.07) is 6.69. The van der Waals surface area contributed by atoms with Crippen LogP contribution in [-0.2, 0) is 7.05 Å². The molecule has 0 fully saturated rings. The molecule has 0 bridgehead atoms. The number of carbonyl (C=O) groups is 1. The molecule has 18 heavy (non-hydrogen) atoms. The van der Waals surface area contributed by atoms with Crippen LogP contribution in [0, 0.1) is 0 Å². The fraction of sp³-hybridized carbons (Fsp3) is 0.167. The van der Waals surface area contributed by atoms with E-state index < -0.39 is 0 Å². The predicted octanol–water partition coefficient (Wildman–Crippen LogP) is 2.33. The van der Waals surface area contributed by atoms with E-state index in [1.54, 1.807) is 37.5 Å². The van der Waals surface area contributed by atoms with Crippen LogP contribution in [0.5, 0.6) is 5.75 Å². The zero-order valence-corrected chi connectivity index (χ0v) is 10.7. The smallest absolute Gasteiger partial charge is 0.273 e. The summed E-state index contributed by atoms with van der Waals surface area (Å²) < 4.78 is 6.54. The summed E-state index contributed by atoms with van der Waals surface area (Å²) in [5.41, 5.74) is 1.08. The SMILES string of the molecule is COc1ccc(NC(=O)c2ccnn2C)cc1Cl. The van der Waals surface area contributed by atoms with Crippen LogP contribution < -0.4 is 10.1 Å².